The average Bonchev–Trinajstić information content (AvgIpc) is 3.21. The third-order valence-electron chi connectivity index (χ3n) is 5.37. The quantitative estimate of drug-likeness (QED) is 0.905. The first kappa shape index (κ1) is 12.8. The molecule has 3 fully saturated rings. The highest BCUT2D eigenvalue weighted by molar-refractivity contribution is 7.07. The van der Waals surface area contributed by atoms with Crippen molar-refractivity contribution in [3.63, 3.8) is 0 Å². The molecule has 3 nitrogen and oxygen atoms in total. The van der Waals surface area contributed by atoms with Crippen LogP contribution in [-0.2, 0) is 4.79 Å². The summed E-state index contributed by atoms with van der Waals surface area (Å²) in [5.74, 6) is 0.387. The van der Waals surface area contributed by atoms with Crippen molar-refractivity contribution >= 4 is 17.2 Å². The zero-order valence-corrected chi connectivity index (χ0v) is 12.6. The van der Waals surface area contributed by atoms with Gasteiger partial charge in [0.25, 0.3) is 0 Å². The summed E-state index contributed by atoms with van der Waals surface area (Å²) in [5, 5.41) is 8.04. The van der Waals surface area contributed by atoms with Crippen LogP contribution in [0, 0.1) is 0 Å². The first-order chi connectivity index (χ1) is 9.80. The topological polar surface area (TPSA) is 32.3 Å². The Hall–Kier alpha value is -0.870. The predicted molar refractivity (Wildman–Crippen MR) is 80.5 cm³/mol. The third kappa shape index (κ3) is 1.85. The molecule has 0 radical (unpaired) electrons. The van der Waals surface area contributed by atoms with Gasteiger partial charge in [-0.1, -0.05) is 25.7 Å². The summed E-state index contributed by atoms with van der Waals surface area (Å²) >= 11 is 1.73. The minimum atomic E-state index is -0.241. The fourth-order valence-electron chi connectivity index (χ4n) is 4.33. The van der Waals surface area contributed by atoms with Crippen molar-refractivity contribution in [3.05, 3.63) is 22.4 Å². The maximum Gasteiger partial charge on any atom is 0.244 e. The number of hydrogen-bond acceptors (Lipinski definition) is 3. The molecule has 1 aromatic rings. The van der Waals surface area contributed by atoms with E-state index >= 15 is 0 Å². The molecule has 3 aliphatic rings. The SMILES string of the molecule is O=C1N(C2CCCC2)C(c2ccsc2)NC12CCCC2. The highest BCUT2D eigenvalue weighted by Crippen LogP contribution is 2.44. The first-order valence-electron chi connectivity index (χ1n) is 7.93. The molecule has 0 aromatic carbocycles. The summed E-state index contributed by atoms with van der Waals surface area (Å²) in [4.78, 5) is 15.3. The fraction of sp³-hybridized carbons (Fsp3) is 0.688. The van der Waals surface area contributed by atoms with Crippen molar-refractivity contribution < 1.29 is 4.79 Å². The molecular weight excluding hydrogens is 268 g/mol. The average molecular weight is 290 g/mol. The van der Waals surface area contributed by atoms with E-state index < -0.39 is 0 Å². The van der Waals surface area contributed by atoms with Crippen LogP contribution in [0.15, 0.2) is 16.8 Å². The molecule has 1 amide bonds. The molecule has 1 N–H and O–H groups in total. The number of carbonyl (C=O) groups is 1. The van der Waals surface area contributed by atoms with Crippen LogP contribution in [0.2, 0.25) is 0 Å². The van der Waals surface area contributed by atoms with E-state index in [1.807, 2.05) is 0 Å². The number of amides is 1. The van der Waals surface area contributed by atoms with E-state index in [1.165, 1.54) is 44.1 Å². The Morgan fingerprint density at radius 1 is 1.20 bits per heavy atom. The van der Waals surface area contributed by atoms with Crippen LogP contribution in [0.25, 0.3) is 0 Å². The van der Waals surface area contributed by atoms with Gasteiger partial charge in [-0.05, 0) is 48.1 Å². The van der Waals surface area contributed by atoms with E-state index in [-0.39, 0.29) is 11.7 Å². The fourth-order valence-corrected chi connectivity index (χ4v) is 5.01. The Labute approximate surface area is 124 Å². The smallest absolute Gasteiger partial charge is 0.244 e. The van der Waals surface area contributed by atoms with Crippen LogP contribution in [0.3, 0.4) is 0 Å². The number of rotatable bonds is 2. The van der Waals surface area contributed by atoms with E-state index in [1.54, 1.807) is 11.3 Å². The van der Waals surface area contributed by atoms with Gasteiger partial charge in [0, 0.05) is 6.04 Å². The molecule has 2 saturated carbocycles. The summed E-state index contributed by atoms with van der Waals surface area (Å²) in [6.45, 7) is 0. The largest absolute Gasteiger partial charge is 0.318 e. The Balaban J connectivity index is 1.69. The normalized spacial score (nSPS) is 29.9. The minimum absolute atomic E-state index is 0.120. The maximum atomic E-state index is 13.1. The molecule has 108 valence electrons. The molecule has 4 heteroatoms. The van der Waals surface area contributed by atoms with Gasteiger partial charge in [0.1, 0.15) is 6.17 Å². The highest BCUT2D eigenvalue weighted by atomic mass is 32.1. The van der Waals surface area contributed by atoms with Crippen molar-refractivity contribution in [3.8, 4) is 0 Å². The predicted octanol–water partition coefficient (Wildman–Crippen LogP) is 3.43. The minimum Gasteiger partial charge on any atom is -0.318 e. The molecule has 1 aliphatic heterocycles. The lowest BCUT2D eigenvalue weighted by Gasteiger charge is -2.30. The molecule has 20 heavy (non-hydrogen) atoms. The van der Waals surface area contributed by atoms with E-state index in [9.17, 15) is 4.79 Å². The zero-order chi connectivity index (χ0) is 13.6. The monoisotopic (exact) mass is 290 g/mol. The van der Waals surface area contributed by atoms with Gasteiger partial charge in [0.05, 0.1) is 5.54 Å². The van der Waals surface area contributed by atoms with Gasteiger partial charge in [-0.2, -0.15) is 11.3 Å². The van der Waals surface area contributed by atoms with Gasteiger partial charge in [-0.3, -0.25) is 10.1 Å². The van der Waals surface area contributed by atoms with Crippen molar-refractivity contribution in [1.29, 1.82) is 0 Å². The summed E-state index contributed by atoms with van der Waals surface area (Å²) in [7, 11) is 0. The van der Waals surface area contributed by atoms with E-state index in [0.29, 0.717) is 11.9 Å². The second kappa shape index (κ2) is 4.85. The molecule has 2 aliphatic carbocycles. The maximum absolute atomic E-state index is 13.1. The van der Waals surface area contributed by atoms with E-state index in [4.69, 9.17) is 0 Å². The van der Waals surface area contributed by atoms with Gasteiger partial charge in [-0.25, -0.2) is 0 Å². The Morgan fingerprint density at radius 2 is 1.95 bits per heavy atom. The van der Waals surface area contributed by atoms with Crippen LogP contribution < -0.4 is 5.32 Å². The molecule has 1 spiro atoms. The zero-order valence-electron chi connectivity index (χ0n) is 11.8. The summed E-state index contributed by atoms with van der Waals surface area (Å²) < 4.78 is 0. The molecule has 4 rings (SSSR count). The van der Waals surface area contributed by atoms with Crippen molar-refractivity contribution in [2.75, 3.05) is 0 Å². The molecule has 1 aromatic heterocycles. The second-order valence-corrected chi connectivity index (χ2v) is 7.32. The van der Waals surface area contributed by atoms with E-state index in [2.05, 4.69) is 27.0 Å². The van der Waals surface area contributed by atoms with Crippen LogP contribution in [0.4, 0.5) is 0 Å². The van der Waals surface area contributed by atoms with Gasteiger partial charge in [0.15, 0.2) is 0 Å². The molecule has 1 unspecified atom stereocenters. The number of thiophene rings is 1. The number of nitrogens with zero attached hydrogens (tertiary/aromatic N) is 1. The number of hydrogen-bond donors (Lipinski definition) is 1. The lowest BCUT2D eigenvalue weighted by Crippen LogP contribution is -2.45. The van der Waals surface area contributed by atoms with Gasteiger partial charge >= 0.3 is 0 Å². The molecule has 0 bridgehead atoms. The highest BCUT2D eigenvalue weighted by Gasteiger charge is 2.54. The first-order valence-corrected chi connectivity index (χ1v) is 8.87. The second-order valence-electron chi connectivity index (χ2n) is 6.54. The van der Waals surface area contributed by atoms with Crippen LogP contribution in [-0.4, -0.2) is 22.4 Å². The van der Waals surface area contributed by atoms with Crippen molar-refractivity contribution in [1.82, 2.24) is 10.2 Å². The molecular formula is C16H22N2OS. The van der Waals surface area contributed by atoms with Gasteiger partial charge in [0.2, 0.25) is 5.91 Å². The van der Waals surface area contributed by atoms with Gasteiger partial charge in [-0.15, -0.1) is 0 Å². The van der Waals surface area contributed by atoms with Crippen LogP contribution >= 0.6 is 11.3 Å². The number of carbonyl (C=O) groups excluding carboxylic acids is 1. The lowest BCUT2D eigenvalue weighted by molar-refractivity contribution is -0.135. The molecule has 2 heterocycles. The van der Waals surface area contributed by atoms with E-state index in [0.717, 1.165) is 12.8 Å². The van der Waals surface area contributed by atoms with Gasteiger partial charge < -0.3 is 4.90 Å². The Morgan fingerprint density at radius 3 is 2.60 bits per heavy atom. The third-order valence-corrected chi connectivity index (χ3v) is 6.07. The van der Waals surface area contributed by atoms with Crippen LogP contribution in [0.5, 0.6) is 0 Å². The summed E-state index contributed by atoms with van der Waals surface area (Å²) in [5.41, 5.74) is 1.04. The van der Waals surface area contributed by atoms with Crippen molar-refractivity contribution in [2.45, 2.75) is 69.1 Å². The summed E-state index contributed by atoms with van der Waals surface area (Å²) in [6.07, 6.45) is 9.46. The molecule has 1 atom stereocenters. The van der Waals surface area contributed by atoms with Crippen LogP contribution in [0.1, 0.15) is 63.1 Å². The Kier molecular flexibility index (Phi) is 3.11. The lowest BCUT2D eigenvalue weighted by atomic mass is 9.97. The standard InChI is InChI=1S/C16H22N2OS/c19-15-16(8-3-4-9-16)17-14(12-7-10-20-11-12)18(15)13-5-1-2-6-13/h7,10-11,13-14,17H,1-6,8-9H2. The molecule has 1 saturated heterocycles. The summed E-state index contributed by atoms with van der Waals surface area (Å²) in [6, 6.07) is 2.63. The Bertz CT molecular complexity index is 487. The van der Waals surface area contributed by atoms with Crippen molar-refractivity contribution in [2.24, 2.45) is 0 Å². The number of nitrogens with one attached hydrogen (secondary N) is 1.